The van der Waals surface area contributed by atoms with Crippen molar-refractivity contribution >= 4 is 0 Å². The Kier molecular flexibility index (Phi) is 2.32. The van der Waals surface area contributed by atoms with E-state index in [0.29, 0.717) is 5.92 Å². The molecule has 1 aromatic rings. The second kappa shape index (κ2) is 3.63. The molecule has 1 saturated heterocycles. The van der Waals surface area contributed by atoms with Crippen molar-refractivity contribution in [3.63, 3.8) is 0 Å². The molecular weight excluding hydrogens is 150 g/mol. The fraction of sp³-hybridized carbons (Fsp3) is 0.556. The summed E-state index contributed by atoms with van der Waals surface area (Å²) in [6, 6.07) is 1.86. The molecule has 2 rings (SSSR count). The summed E-state index contributed by atoms with van der Waals surface area (Å²) in [5, 5.41) is 3.35. The van der Waals surface area contributed by atoms with Crippen LogP contribution < -0.4 is 5.32 Å². The highest BCUT2D eigenvalue weighted by molar-refractivity contribution is 4.99. The molecule has 0 radical (unpaired) electrons. The van der Waals surface area contributed by atoms with Crippen LogP contribution in [0.25, 0.3) is 0 Å². The van der Waals surface area contributed by atoms with Crippen LogP contribution in [-0.4, -0.2) is 23.1 Å². The summed E-state index contributed by atoms with van der Waals surface area (Å²) in [7, 11) is 0. The third kappa shape index (κ3) is 1.61. The lowest BCUT2D eigenvalue weighted by Gasteiger charge is -2.20. The summed E-state index contributed by atoms with van der Waals surface area (Å²) < 4.78 is 0. The number of hydrogen-bond donors (Lipinski definition) is 1. The van der Waals surface area contributed by atoms with Gasteiger partial charge in [0.25, 0.3) is 0 Å². The van der Waals surface area contributed by atoms with Crippen LogP contribution >= 0.6 is 0 Å². The average Bonchev–Trinajstić information content (AvgIpc) is 2.21. The van der Waals surface area contributed by atoms with Crippen LogP contribution in [0.5, 0.6) is 0 Å². The summed E-state index contributed by atoms with van der Waals surface area (Å²) >= 11 is 0. The highest BCUT2D eigenvalue weighted by Gasteiger charge is 2.16. The minimum Gasteiger partial charge on any atom is -0.316 e. The highest BCUT2D eigenvalue weighted by Crippen LogP contribution is 2.18. The van der Waals surface area contributed by atoms with Crippen molar-refractivity contribution < 1.29 is 1.43 Å². The van der Waals surface area contributed by atoms with E-state index in [2.05, 4.69) is 15.3 Å². The number of hydrogen-bond acceptors (Lipinski definition) is 3. The van der Waals surface area contributed by atoms with E-state index in [9.17, 15) is 0 Å². The summed E-state index contributed by atoms with van der Waals surface area (Å²) in [4.78, 5) is 8.50. The van der Waals surface area contributed by atoms with Gasteiger partial charge in [-0.15, -0.1) is 0 Å². The quantitative estimate of drug-likeness (QED) is 0.679. The number of rotatable bonds is 1. The molecule has 0 bridgehead atoms. The SMILES string of the molecule is [HH].c1cnc(C2CCCNC2)nc1. The highest BCUT2D eigenvalue weighted by atomic mass is 14.9. The Bertz CT molecular complexity index is 234. The van der Waals surface area contributed by atoms with Crippen molar-refractivity contribution in [2.45, 2.75) is 18.8 Å². The molecule has 3 heteroatoms. The van der Waals surface area contributed by atoms with Gasteiger partial charge in [0.05, 0.1) is 0 Å². The van der Waals surface area contributed by atoms with Gasteiger partial charge in [0.15, 0.2) is 0 Å². The van der Waals surface area contributed by atoms with Crippen molar-refractivity contribution in [2.24, 2.45) is 0 Å². The van der Waals surface area contributed by atoms with Crippen molar-refractivity contribution in [1.82, 2.24) is 15.3 Å². The molecule has 66 valence electrons. The lowest BCUT2D eigenvalue weighted by Crippen LogP contribution is -2.29. The molecule has 0 saturated carbocycles. The summed E-state index contributed by atoms with van der Waals surface area (Å²) in [6.45, 7) is 2.17. The van der Waals surface area contributed by atoms with Crippen molar-refractivity contribution in [1.29, 1.82) is 0 Å². The van der Waals surface area contributed by atoms with Gasteiger partial charge < -0.3 is 5.32 Å². The van der Waals surface area contributed by atoms with Crippen LogP contribution in [0.3, 0.4) is 0 Å². The standard InChI is InChI=1S/C9H13N3.H2/c1-3-8(7-10-4-1)9-11-5-2-6-12-9;/h2,5-6,8,10H,1,3-4,7H2;1H. The first-order valence-corrected chi connectivity index (χ1v) is 4.44. The molecule has 2 heterocycles. The van der Waals surface area contributed by atoms with Crippen molar-refractivity contribution in [2.75, 3.05) is 13.1 Å². The maximum Gasteiger partial charge on any atom is 0.132 e. The molecule has 3 nitrogen and oxygen atoms in total. The van der Waals surface area contributed by atoms with Crippen molar-refractivity contribution in [3.05, 3.63) is 24.3 Å². The zero-order chi connectivity index (χ0) is 8.23. The molecule has 1 atom stereocenters. The molecule has 0 aliphatic carbocycles. The molecule has 0 aromatic carbocycles. The van der Waals surface area contributed by atoms with Gasteiger partial charge in [0.2, 0.25) is 0 Å². The Morgan fingerprint density at radius 3 is 2.92 bits per heavy atom. The van der Waals surface area contributed by atoms with E-state index in [1.807, 2.05) is 18.5 Å². The lowest BCUT2D eigenvalue weighted by atomic mass is 9.99. The number of aromatic nitrogens is 2. The van der Waals surface area contributed by atoms with Crippen LogP contribution in [0, 0.1) is 0 Å². The molecule has 0 spiro atoms. The zero-order valence-corrected chi connectivity index (χ0v) is 7.03. The lowest BCUT2D eigenvalue weighted by molar-refractivity contribution is 0.446. The minimum absolute atomic E-state index is 0. The van der Waals surface area contributed by atoms with Gasteiger partial charge in [-0.05, 0) is 25.5 Å². The van der Waals surface area contributed by atoms with Gasteiger partial charge in [-0.3, -0.25) is 0 Å². The van der Waals surface area contributed by atoms with Crippen molar-refractivity contribution in [3.8, 4) is 0 Å². The molecular formula is C9H15N3. The van der Waals surface area contributed by atoms with Gasteiger partial charge in [-0.25, -0.2) is 9.97 Å². The molecule has 1 unspecified atom stereocenters. The Labute approximate surface area is 73.7 Å². The monoisotopic (exact) mass is 165 g/mol. The van der Waals surface area contributed by atoms with Crippen LogP contribution in [0.15, 0.2) is 18.5 Å². The van der Waals surface area contributed by atoms with E-state index < -0.39 is 0 Å². The Balaban J connectivity index is 0.000000845. The number of piperidine rings is 1. The minimum atomic E-state index is 0. The summed E-state index contributed by atoms with van der Waals surface area (Å²) in [5.41, 5.74) is 0. The number of nitrogens with zero attached hydrogens (tertiary/aromatic N) is 2. The van der Waals surface area contributed by atoms with Gasteiger partial charge in [-0.2, -0.15) is 0 Å². The fourth-order valence-electron chi connectivity index (χ4n) is 1.59. The maximum absolute atomic E-state index is 4.25. The van der Waals surface area contributed by atoms with Crippen LogP contribution in [0.4, 0.5) is 0 Å². The first-order chi connectivity index (χ1) is 5.97. The predicted octanol–water partition coefficient (Wildman–Crippen LogP) is 1.19. The van der Waals surface area contributed by atoms with E-state index in [1.165, 1.54) is 12.8 Å². The Hall–Kier alpha value is -0.960. The topological polar surface area (TPSA) is 37.8 Å². The first-order valence-electron chi connectivity index (χ1n) is 4.44. The second-order valence-corrected chi connectivity index (χ2v) is 3.15. The molecule has 1 aliphatic heterocycles. The predicted molar refractivity (Wildman–Crippen MR) is 49.0 cm³/mol. The normalized spacial score (nSPS) is 23.8. The Morgan fingerprint density at radius 1 is 1.42 bits per heavy atom. The largest absolute Gasteiger partial charge is 0.316 e. The van der Waals surface area contributed by atoms with E-state index in [0.717, 1.165) is 18.9 Å². The Morgan fingerprint density at radius 2 is 2.25 bits per heavy atom. The van der Waals surface area contributed by atoms with Gasteiger partial charge in [0.1, 0.15) is 5.82 Å². The van der Waals surface area contributed by atoms with E-state index in [-0.39, 0.29) is 1.43 Å². The maximum atomic E-state index is 4.25. The molecule has 12 heavy (non-hydrogen) atoms. The van der Waals surface area contributed by atoms with Gasteiger partial charge >= 0.3 is 0 Å². The van der Waals surface area contributed by atoms with Gasteiger partial charge in [-0.1, -0.05) is 0 Å². The molecule has 1 N–H and O–H groups in total. The molecule has 0 amide bonds. The average molecular weight is 165 g/mol. The third-order valence-electron chi connectivity index (χ3n) is 2.25. The first kappa shape index (κ1) is 7.68. The summed E-state index contributed by atoms with van der Waals surface area (Å²) in [6.07, 6.45) is 6.09. The summed E-state index contributed by atoms with van der Waals surface area (Å²) in [5.74, 6) is 1.52. The molecule has 1 aliphatic rings. The molecule has 1 fully saturated rings. The van der Waals surface area contributed by atoms with E-state index in [1.54, 1.807) is 0 Å². The van der Waals surface area contributed by atoms with E-state index >= 15 is 0 Å². The number of nitrogens with one attached hydrogen (secondary N) is 1. The third-order valence-corrected chi connectivity index (χ3v) is 2.25. The van der Waals surface area contributed by atoms with Crippen LogP contribution in [0.2, 0.25) is 0 Å². The van der Waals surface area contributed by atoms with Crippen LogP contribution in [-0.2, 0) is 0 Å². The smallest absolute Gasteiger partial charge is 0.132 e. The fourth-order valence-corrected chi connectivity index (χ4v) is 1.59. The van der Waals surface area contributed by atoms with Crippen LogP contribution in [0.1, 0.15) is 26.0 Å². The molecule has 1 aromatic heterocycles. The van der Waals surface area contributed by atoms with E-state index in [4.69, 9.17) is 0 Å². The zero-order valence-electron chi connectivity index (χ0n) is 7.03. The van der Waals surface area contributed by atoms with Gasteiger partial charge in [0, 0.05) is 26.3 Å². The second-order valence-electron chi connectivity index (χ2n) is 3.15.